The van der Waals surface area contributed by atoms with E-state index in [0.717, 1.165) is 19.0 Å². The zero-order valence-electron chi connectivity index (χ0n) is 15.5. The Morgan fingerprint density at radius 1 is 1.48 bits per heavy atom. The molecular weight excluding hydrogens is 348 g/mol. The van der Waals surface area contributed by atoms with Crippen molar-refractivity contribution in [3.8, 4) is 0 Å². The smallest absolute Gasteiger partial charge is 0.306 e. The summed E-state index contributed by atoms with van der Waals surface area (Å²) in [6, 6.07) is 8.25. The summed E-state index contributed by atoms with van der Waals surface area (Å²) in [5.74, 6) is 0.790. The predicted molar refractivity (Wildman–Crippen MR) is 102 cm³/mol. The second-order valence-corrected chi connectivity index (χ2v) is 6.35. The normalized spacial score (nSPS) is 17.8. The highest BCUT2D eigenvalue weighted by atomic mass is 16.6. The van der Waals surface area contributed by atoms with Crippen LogP contribution in [0.2, 0.25) is 0 Å². The Hall–Kier alpha value is -2.94. The van der Waals surface area contributed by atoms with Crippen molar-refractivity contribution < 1.29 is 9.66 Å². The quantitative estimate of drug-likeness (QED) is 0.372. The van der Waals surface area contributed by atoms with E-state index in [1.807, 2.05) is 12.1 Å². The lowest BCUT2D eigenvalue weighted by atomic mass is 10.0. The van der Waals surface area contributed by atoms with Crippen molar-refractivity contribution in [1.29, 1.82) is 0 Å². The summed E-state index contributed by atoms with van der Waals surface area (Å²) in [4.78, 5) is 16.8. The minimum Gasteiger partial charge on any atom is -0.370 e. The number of nitrogens with zero attached hydrogens (tertiary/aromatic N) is 5. The average Bonchev–Trinajstić information content (AvgIpc) is 3.15. The first-order chi connectivity index (χ1) is 13.1. The fraction of sp³-hybridized carbons (Fsp3) is 0.444. The van der Waals surface area contributed by atoms with Gasteiger partial charge in [-0.25, -0.2) is 0 Å². The van der Waals surface area contributed by atoms with E-state index < -0.39 is 4.92 Å². The molecule has 1 aromatic heterocycles. The third-order valence-electron chi connectivity index (χ3n) is 4.57. The van der Waals surface area contributed by atoms with E-state index in [4.69, 9.17) is 4.74 Å². The number of rotatable bonds is 5. The lowest BCUT2D eigenvalue weighted by molar-refractivity contribution is -0.385. The second kappa shape index (κ2) is 8.63. The molecule has 1 aliphatic heterocycles. The Kier molecular flexibility index (Phi) is 6.02. The highest BCUT2D eigenvalue weighted by Crippen LogP contribution is 2.24. The fourth-order valence-electron chi connectivity index (χ4n) is 3.16. The van der Waals surface area contributed by atoms with E-state index in [1.54, 1.807) is 11.7 Å². The molecule has 0 radical (unpaired) electrons. The summed E-state index contributed by atoms with van der Waals surface area (Å²) < 4.78 is 7.52. The van der Waals surface area contributed by atoms with Crippen LogP contribution >= 0.6 is 0 Å². The van der Waals surface area contributed by atoms with Gasteiger partial charge in [0.25, 0.3) is 0 Å². The van der Waals surface area contributed by atoms with Crippen LogP contribution in [0.25, 0.3) is 0 Å². The number of benzene rings is 1. The number of aliphatic imine (C=N–C) groups is 1. The van der Waals surface area contributed by atoms with Crippen LogP contribution in [-0.4, -0.2) is 58.9 Å². The molecule has 1 aromatic carbocycles. The van der Waals surface area contributed by atoms with E-state index >= 15 is 0 Å². The van der Waals surface area contributed by atoms with Crippen molar-refractivity contribution in [3.63, 3.8) is 0 Å². The SMILES string of the molecule is CN=C(NCCn1cc([N+](=O)[O-])cn1)N1CCOC(c2ccccc2C)C1. The van der Waals surface area contributed by atoms with Crippen molar-refractivity contribution >= 4 is 11.6 Å². The third kappa shape index (κ3) is 4.62. The summed E-state index contributed by atoms with van der Waals surface area (Å²) in [7, 11) is 1.75. The predicted octanol–water partition coefficient (Wildman–Crippen LogP) is 1.75. The number of morpholine rings is 1. The van der Waals surface area contributed by atoms with Gasteiger partial charge in [0.05, 0.1) is 24.6 Å². The molecule has 1 aliphatic rings. The number of ether oxygens (including phenoxy) is 1. The van der Waals surface area contributed by atoms with Crippen LogP contribution in [0.5, 0.6) is 0 Å². The molecule has 9 heteroatoms. The Morgan fingerprint density at radius 2 is 2.30 bits per heavy atom. The lowest BCUT2D eigenvalue weighted by Gasteiger charge is -2.35. The maximum atomic E-state index is 10.7. The molecule has 0 spiro atoms. The maximum absolute atomic E-state index is 10.7. The summed E-state index contributed by atoms with van der Waals surface area (Å²) in [6.45, 7) is 5.28. The Labute approximate surface area is 157 Å². The van der Waals surface area contributed by atoms with Gasteiger partial charge in [0.1, 0.15) is 18.5 Å². The molecule has 1 unspecified atom stereocenters. The zero-order valence-corrected chi connectivity index (χ0v) is 15.5. The van der Waals surface area contributed by atoms with E-state index in [9.17, 15) is 10.1 Å². The molecule has 1 fully saturated rings. The molecule has 1 atom stereocenters. The first kappa shape index (κ1) is 18.8. The molecule has 1 saturated heterocycles. The van der Waals surface area contributed by atoms with E-state index in [-0.39, 0.29) is 11.8 Å². The van der Waals surface area contributed by atoms with Gasteiger partial charge in [0, 0.05) is 20.1 Å². The Bertz CT molecular complexity index is 819. The molecule has 0 saturated carbocycles. The molecule has 144 valence electrons. The number of guanidine groups is 1. The number of aryl methyl sites for hydroxylation is 1. The van der Waals surface area contributed by atoms with Gasteiger partial charge in [-0.05, 0) is 18.1 Å². The van der Waals surface area contributed by atoms with Crippen molar-refractivity contribution in [3.05, 3.63) is 57.9 Å². The van der Waals surface area contributed by atoms with Crippen LogP contribution in [0.1, 0.15) is 17.2 Å². The number of aromatic nitrogens is 2. The molecule has 0 bridgehead atoms. The van der Waals surface area contributed by atoms with Gasteiger partial charge in [-0.15, -0.1) is 0 Å². The monoisotopic (exact) mass is 372 g/mol. The molecule has 3 rings (SSSR count). The number of nitro groups is 1. The fourth-order valence-corrected chi connectivity index (χ4v) is 3.16. The average molecular weight is 372 g/mol. The first-order valence-electron chi connectivity index (χ1n) is 8.88. The van der Waals surface area contributed by atoms with Crippen LogP contribution in [0, 0.1) is 17.0 Å². The Morgan fingerprint density at radius 3 is 3.00 bits per heavy atom. The van der Waals surface area contributed by atoms with Crippen LogP contribution < -0.4 is 5.32 Å². The van der Waals surface area contributed by atoms with Crippen LogP contribution in [0.3, 0.4) is 0 Å². The molecule has 0 aliphatic carbocycles. The molecule has 27 heavy (non-hydrogen) atoms. The zero-order chi connectivity index (χ0) is 19.2. The number of hydrogen-bond donors (Lipinski definition) is 1. The van der Waals surface area contributed by atoms with E-state index in [1.165, 1.54) is 23.5 Å². The maximum Gasteiger partial charge on any atom is 0.306 e. The lowest BCUT2D eigenvalue weighted by Crippen LogP contribution is -2.48. The highest BCUT2D eigenvalue weighted by molar-refractivity contribution is 5.80. The molecular formula is C18H24N6O3. The standard InChI is InChI=1S/C18H24N6O3/c1-14-5-3-4-6-16(14)17-13-22(9-10-27-17)18(19-2)20-7-8-23-12-15(11-21-23)24(25)26/h3-6,11-12,17H,7-10,13H2,1-2H3,(H,19,20). The van der Waals surface area contributed by atoms with Crippen molar-refractivity contribution in [1.82, 2.24) is 20.0 Å². The highest BCUT2D eigenvalue weighted by Gasteiger charge is 2.25. The van der Waals surface area contributed by atoms with Gasteiger partial charge >= 0.3 is 5.69 Å². The van der Waals surface area contributed by atoms with Gasteiger partial charge in [-0.3, -0.25) is 19.8 Å². The largest absolute Gasteiger partial charge is 0.370 e. The van der Waals surface area contributed by atoms with Gasteiger partial charge in [0.15, 0.2) is 5.96 Å². The van der Waals surface area contributed by atoms with Crippen LogP contribution in [0.4, 0.5) is 5.69 Å². The minimum atomic E-state index is -0.449. The summed E-state index contributed by atoms with van der Waals surface area (Å²) >= 11 is 0. The summed E-state index contributed by atoms with van der Waals surface area (Å²) in [5, 5.41) is 18.0. The molecule has 1 N–H and O–H groups in total. The van der Waals surface area contributed by atoms with Crippen molar-refractivity contribution in [2.45, 2.75) is 19.6 Å². The third-order valence-corrected chi connectivity index (χ3v) is 4.57. The molecule has 0 amide bonds. The van der Waals surface area contributed by atoms with Gasteiger partial charge in [0.2, 0.25) is 0 Å². The first-order valence-corrected chi connectivity index (χ1v) is 8.88. The van der Waals surface area contributed by atoms with Crippen LogP contribution in [0.15, 0.2) is 41.7 Å². The van der Waals surface area contributed by atoms with E-state index in [2.05, 4.69) is 39.4 Å². The van der Waals surface area contributed by atoms with Gasteiger partial charge < -0.3 is 15.0 Å². The molecule has 2 heterocycles. The number of hydrogen-bond acceptors (Lipinski definition) is 5. The topological polar surface area (TPSA) is 97.8 Å². The second-order valence-electron chi connectivity index (χ2n) is 6.35. The summed E-state index contributed by atoms with van der Waals surface area (Å²) in [5.41, 5.74) is 2.41. The molecule has 9 nitrogen and oxygen atoms in total. The van der Waals surface area contributed by atoms with Gasteiger partial charge in [-0.2, -0.15) is 5.10 Å². The minimum absolute atomic E-state index is 0.00589. The van der Waals surface area contributed by atoms with Crippen molar-refractivity contribution in [2.24, 2.45) is 4.99 Å². The molecule has 2 aromatic rings. The van der Waals surface area contributed by atoms with E-state index in [0.29, 0.717) is 19.7 Å². The number of nitrogens with one attached hydrogen (secondary N) is 1. The van der Waals surface area contributed by atoms with Gasteiger partial charge in [-0.1, -0.05) is 24.3 Å². The van der Waals surface area contributed by atoms with Crippen LogP contribution in [-0.2, 0) is 11.3 Å². The van der Waals surface area contributed by atoms with Crippen molar-refractivity contribution in [2.75, 3.05) is 33.3 Å². The Balaban J connectivity index is 1.56. The summed E-state index contributed by atoms with van der Waals surface area (Å²) in [6.07, 6.45) is 2.68.